The van der Waals surface area contributed by atoms with Crippen molar-refractivity contribution in [3.05, 3.63) is 33.8 Å². The van der Waals surface area contributed by atoms with E-state index in [0.717, 1.165) is 6.54 Å². The molecule has 3 heteroatoms. The highest BCUT2D eigenvalue weighted by molar-refractivity contribution is 6.42. The lowest BCUT2D eigenvalue weighted by Gasteiger charge is -2.33. The average molecular weight is 286 g/mol. The number of benzene rings is 1. The van der Waals surface area contributed by atoms with E-state index in [1.165, 1.54) is 44.1 Å². The summed E-state index contributed by atoms with van der Waals surface area (Å²) in [7, 11) is 2.03. The van der Waals surface area contributed by atoms with Gasteiger partial charge in [0.05, 0.1) is 10.0 Å². The van der Waals surface area contributed by atoms with Crippen molar-refractivity contribution >= 4 is 23.2 Å². The highest BCUT2D eigenvalue weighted by Crippen LogP contribution is 2.39. The molecule has 0 radical (unpaired) electrons. The van der Waals surface area contributed by atoms with Crippen molar-refractivity contribution in [2.24, 2.45) is 0 Å². The quantitative estimate of drug-likeness (QED) is 0.787. The summed E-state index contributed by atoms with van der Waals surface area (Å²) in [5.74, 6) is 0. The standard InChI is InChI=1S/C15H21Cl2N/c1-18-11-15(8-4-2-3-5-9-15)12-6-7-13(16)14(17)10-12/h6-7,10,18H,2-5,8-9,11H2,1H3. The lowest BCUT2D eigenvalue weighted by atomic mass is 9.74. The van der Waals surface area contributed by atoms with E-state index in [2.05, 4.69) is 17.4 Å². The molecule has 1 aliphatic rings. The number of halogens is 2. The minimum atomic E-state index is 0.236. The third-order valence-electron chi connectivity index (χ3n) is 4.11. The minimum absolute atomic E-state index is 0.236. The van der Waals surface area contributed by atoms with E-state index in [4.69, 9.17) is 23.2 Å². The fourth-order valence-electron chi connectivity index (χ4n) is 3.14. The van der Waals surface area contributed by atoms with Crippen LogP contribution in [0.25, 0.3) is 0 Å². The summed E-state index contributed by atoms with van der Waals surface area (Å²) >= 11 is 12.2. The van der Waals surface area contributed by atoms with Gasteiger partial charge in [-0.15, -0.1) is 0 Å². The third-order valence-corrected chi connectivity index (χ3v) is 4.85. The summed E-state index contributed by atoms with van der Waals surface area (Å²) in [6.45, 7) is 1.02. The molecule has 0 bridgehead atoms. The molecule has 0 aromatic heterocycles. The first kappa shape index (κ1) is 14.2. The van der Waals surface area contributed by atoms with Gasteiger partial charge in [0.25, 0.3) is 0 Å². The van der Waals surface area contributed by atoms with Crippen molar-refractivity contribution in [3.63, 3.8) is 0 Å². The average Bonchev–Trinajstić information content (AvgIpc) is 2.60. The Morgan fingerprint density at radius 2 is 1.72 bits per heavy atom. The Morgan fingerprint density at radius 3 is 2.28 bits per heavy atom. The molecular weight excluding hydrogens is 265 g/mol. The molecule has 1 aromatic rings. The smallest absolute Gasteiger partial charge is 0.0595 e. The SMILES string of the molecule is CNCC1(c2ccc(Cl)c(Cl)c2)CCCCCC1. The van der Waals surface area contributed by atoms with E-state index in [1.807, 2.05) is 13.1 Å². The molecule has 1 nitrogen and oxygen atoms in total. The van der Waals surface area contributed by atoms with Crippen molar-refractivity contribution in [1.29, 1.82) is 0 Å². The number of hydrogen-bond donors (Lipinski definition) is 1. The summed E-state index contributed by atoms with van der Waals surface area (Å²) < 4.78 is 0. The zero-order valence-corrected chi connectivity index (χ0v) is 12.4. The maximum absolute atomic E-state index is 6.18. The van der Waals surface area contributed by atoms with Gasteiger partial charge in [0.1, 0.15) is 0 Å². The topological polar surface area (TPSA) is 12.0 Å². The van der Waals surface area contributed by atoms with Crippen LogP contribution >= 0.6 is 23.2 Å². The Bertz CT molecular complexity index is 395. The highest BCUT2D eigenvalue weighted by atomic mass is 35.5. The van der Waals surface area contributed by atoms with E-state index in [9.17, 15) is 0 Å². The predicted octanol–water partition coefficient (Wildman–Crippen LogP) is 4.80. The van der Waals surface area contributed by atoms with Crippen LogP contribution in [0.5, 0.6) is 0 Å². The maximum atomic E-state index is 6.18. The Balaban J connectivity index is 2.35. The largest absolute Gasteiger partial charge is 0.319 e. The lowest BCUT2D eigenvalue weighted by Crippen LogP contribution is -2.36. The molecule has 0 heterocycles. The van der Waals surface area contributed by atoms with Gasteiger partial charge in [-0.25, -0.2) is 0 Å². The van der Waals surface area contributed by atoms with Crippen LogP contribution in [-0.4, -0.2) is 13.6 Å². The van der Waals surface area contributed by atoms with Crippen LogP contribution in [0.3, 0.4) is 0 Å². The molecule has 2 rings (SSSR count). The monoisotopic (exact) mass is 285 g/mol. The van der Waals surface area contributed by atoms with Gasteiger partial charge in [0, 0.05) is 12.0 Å². The summed E-state index contributed by atoms with van der Waals surface area (Å²) in [5.41, 5.74) is 1.58. The number of rotatable bonds is 3. The van der Waals surface area contributed by atoms with Crippen LogP contribution in [-0.2, 0) is 5.41 Å². The first-order valence-corrected chi connectivity index (χ1v) is 7.54. The van der Waals surface area contributed by atoms with Crippen molar-refractivity contribution < 1.29 is 0 Å². The molecule has 1 saturated carbocycles. The summed E-state index contributed by atoms with van der Waals surface area (Å²) in [4.78, 5) is 0. The molecule has 1 fully saturated rings. The molecule has 0 amide bonds. The molecule has 1 aliphatic carbocycles. The molecule has 18 heavy (non-hydrogen) atoms. The minimum Gasteiger partial charge on any atom is -0.319 e. The van der Waals surface area contributed by atoms with Crippen LogP contribution in [0.1, 0.15) is 44.1 Å². The Labute approximate surface area is 120 Å². The summed E-state index contributed by atoms with van der Waals surface area (Å²) in [6, 6.07) is 6.14. The Kier molecular flexibility index (Phi) is 4.94. The molecule has 0 aliphatic heterocycles. The fourth-order valence-corrected chi connectivity index (χ4v) is 3.44. The normalized spacial score (nSPS) is 19.5. The first-order chi connectivity index (χ1) is 8.68. The van der Waals surface area contributed by atoms with Gasteiger partial charge in [-0.3, -0.25) is 0 Å². The molecule has 0 spiro atoms. The van der Waals surface area contributed by atoms with E-state index in [1.54, 1.807) is 0 Å². The second-order valence-corrected chi connectivity index (χ2v) is 6.17. The molecule has 0 saturated heterocycles. The zero-order chi connectivity index (χ0) is 13.0. The Morgan fingerprint density at radius 1 is 1.06 bits per heavy atom. The highest BCUT2D eigenvalue weighted by Gasteiger charge is 2.32. The second kappa shape index (κ2) is 6.27. The summed E-state index contributed by atoms with van der Waals surface area (Å²) in [6.07, 6.45) is 7.81. The molecule has 0 unspecified atom stereocenters. The van der Waals surface area contributed by atoms with Gasteiger partial charge < -0.3 is 5.32 Å². The van der Waals surface area contributed by atoms with Gasteiger partial charge >= 0.3 is 0 Å². The van der Waals surface area contributed by atoms with Crippen molar-refractivity contribution in [3.8, 4) is 0 Å². The van der Waals surface area contributed by atoms with Gasteiger partial charge in [-0.1, -0.05) is 55.0 Å². The zero-order valence-electron chi connectivity index (χ0n) is 10.9. The molecule has 100 valence electrons. The van der Waals surface area contributed by atoms with Gasteiger partial charge in [0.2, 0.25) is 0 Å². The van der Waals surface area contributed by atoms with E-state index in [0.29, 0.717) is 10.0 Å². The van der Waals surface area contributed by atoms with Crippen molar-refractivity contribution in [2.75, 3.05) is 13.6 Å². The first-order valence-electron chi connectivity index (χ1n) is 6.78. The maximum Gasteiger partial charge on any atom is 0.0595 e. The molecule has 1 aromatic carbocycles. The van der Waals surface area contributed by atoms with Gasteiger partial charge in [-0.05, 0) is 37.6 Å². The second-order valence-electron chi connectivity index (χ2n) is 5.35. The number of nitrogens with one attached hydrogen (secondary N) is 1. The van der Waals surface area contributed by atoms with Crippen LogP contribution in [0, 0.1) is 0 Å². The predicted molar refractivity (Wildman–Crippen MR) is 79.8 cm³/mol. The Hall–Kier alpha value is -0.240. The molecule has 1 N–H and O–H groups in total. The van der Waals surface area contributed by atoms with Gasteiger partial charge in [-0.2, -0.15) is 0 Å². The lowest BCUT2D eigenvalue weighted by molar-refractivity contribution is 0.358. The fraction of sp³-hybridized carbons (Fsp3) is 0.600. The van der Waals surface area contributed by atoms with Crippen molar-refractivity contribution in [1.82, 2.24) is 5.32 Å². The number of hydrogen-bond acceptors (Lipinski definition) is 1. The van der Waals surface area contributed by atoms with Crippen LogP contribution in [0.4, 0.5) is 0 Å². The summed E-state index contributed by atoms with van der Waals surface area (Å²) in [5, 5.41) is 4.68. The third kappa shape index (κ3) is 3.01. The molecule has 0 atom stereocenters. The van der Waals surface area contributed by atoms with E-state index in [-0.39, 0.29) is 5.41 Å². The van der Waals surface area contributed by atoms with E-state index >= 15 is 0 Å². The van der Waals surface area contributed by atoms with Crippen molar-refractivity contribution in [2.45, 2.75) is 43.9 Å². The van der Waals surface area contributed by atoms with Crippen LogP contribution < -0.4 is 5.32 Å². The van der Waals surface area contributed by atoms with Crippen LogP contribution in [0.15, 0.2) is 18.2 Å². The van der Waals surface area contributed by atoms with E-state index < -0.39 is 0 Å². The number of likely N-dealkylation sites (N-methyl/N-ethyl adjacent to an activating group) is 1. The molecular formula is C15H21Cl2N. The van der Waals surface area contributed by atoms with Crippen LogP contribution in [0.2, 0.25) is 10.0 Å². The van der Waals surface area contributed by atoms with Gasteiger partial charge in [0.15, 0.2) is 0 Å².